The van der Waals surface area contributed by atoms with Gasteiger partial charge in [-0.3, -0.25) is 14.6 Å². The van der Waals surface area contributed by atoms with Crippen molar-refractivity contribution in [3.8, 4) is 0 Å². The number of likely N-dealkylation sites (tertiary alicyclic amines) is 1. The van der Waals surface area contributed by atoms with Crippen molar-refractivity contribution in [1.82, 2.24) is 15.2 Å². The van der Waals surface area contributed by atoms with Gasteiger partial charge in [-0.15, -0.1) is 0 Å². The lowest BCUT2D eigenvalue weighted by atomic mass is 9.49. The van der Waals surface area contributed by atoms with E-state index in [-0.39, 0.29) is 11.9 Å². The molecule has 5 aliphatic rings. The largest absolute Gasteiger partial charge is 0.349 e. The lowest BCUT2D eigenvalue weighted by molar-refractivity contribution is -0.140. The smallest absolute Gasteiger partial charge is 0.251 e. The molecule has 0 atom stereocenters. The van der Waals surface area contributed by atoms with Gasteiger partial charge in [0, 0.05) is 43.5 Å². The van der Waals surface area contributed by atoms with Gasteiger partial charge in [-0.2, -0.15) is 0 Å². The predicted octanol–water partition coefficient (Wildman–Crippen LogP) is 3.41. The Hall–Kier alpha value is -1.91. The molecular weight excluding hydrogens is 350 g/mol. The first-order chi connectivity index (χ1) is 13.6. The number of pyridine rings is 1. The minimum atomic E-state index is -0.0410. The van der Waals surface area contributed by atoms with Crippen LogP contribution in [0.15, 0.2) is 24.5 Å². The van der Waals surface area contributed by atoms with Crippen LogP contribution < -0.4 is 5.32 Å². The van der Waals surface area contributed by atoms with Crippen LogP contribution in [0.4, 0.5) is 0 Å². The number of nitrogens with one attached hydrogen (secondary N) is 1. The summed E-state index contributed by atoms with van der Waals surface area (Å²) in [5.41, 5.74) is 0.966. The molecule has 4 bridgehead atoms. The van der Waals surface area contributed by atoms with E-state index in [4.69, 9.17) is 0 Å². The van der Waals surface area contributed by atoms with Crippen LogP contribution in [-0.2, 0) is 4.79 Å². The molecule has 1 saturated heterocycles. The van der Waals surface area contributed by atoms with E-state index in [0.717, 1.165) is 50.1 Å². The van der Waals surface area contributed by atoms with Crippen molar-refractivity contribution in [3.63, 3.8) is 0 Å². The van der Waals surface area contributed by atoms with Gasteiger partial charge in [0.05, 0.1) is 0 Å². The van der Waals surface area contributed by atoms with E-state index in [9.17, 15) is 9.59 Å². The molecule has 0 unspecified atom stereocenters. The summed E-state index contributed by atoms with van der Waals surface area (Å²) >= 11 is 0. The fraction of sp³-hybridized carbons (Fsp3) is 0.696. The maximum absolute atomic E-state index is 13.1. The molecule has 0 aromatic carbocycles. The second-order valence-electron chi connectivity index (χ2n) is 9.96. The molecule has 5 nitrogen and oxygen atoms in total. The molecule has 1 N–H and O–H groups in total. The van der Waals surface area contributed by atoms with Gasteiger partial charge in [0.15, 0.2) is 0 Å². The zero-order valence-electron chi connectivity index (χ0n) is 16.6. The Balaban J connectivity index is 1.13. The fourth-order valence-electron chi connectivity index (χ4n) is 6.98. The quantitative estimate of drug-likeness (QED) is 0.869. The summed E-state index contributed by atoms with van der Waals surface area (Å²) in [7, 11) is 0. The standard InChI is InChI=1S/C23H31N3O2/c27-21(15-23-12-16-9-17(13-23)11-18(10-16)14-23)26-7-3-20(4-8-26)25-22(28)19-1-5-24-6-2-19/h1-2,5-6,16-18,20H,3-4,7-15H2,(H,25,28). The van der Waals surface area contributed by atoms with Crippen molar-refractivity contribution < 1.29 is 9.59 Å². The average molecular weight is 382 g/mol. The Labute approximate surface area is 167 Å². The van der Waals surface area contributed by atoms with E-state index in [0.29, 0.717) is 16.9 Å². The van der Waals surface area contributed by atoms with Crippen LogP contribution in [0.1, 0.15) is 68.1 Å². The van der Waals surface area contributed by atoms with Crippen LogP contribution in [0.25, 0.3) is 0 Å². The molecule has 6 rings (SSSR count). The summed E-state index contributed by atoms with van der Waals surface area (Å²) in [5.74, 6) is 3.01. The molecule has 0 radical (unpaired) electrons. The molecule has 5 heteroatoms. The molecule has 5 fully saturated rings. The molecule has 0 spiro atoms. The third-order valence-electron chi connectivity index (χ3n) is 7.82. The number of hydrogen-bond acceptors (Lipinski definition) is 3. The number of carbonyl (C=O) groups excluding carboxylic acids is 2. The Kier molecular flexibility index (Phi) is 4.64. The summed E-state index contributed by atoms with van der Waals surface area (Å²) in [6, 6.07) is 3.63. The number of nitrogens with zero attached hydrogens (tertiary/aromatic N) is 2. The van der Waals surface area contributed by atoms with Crippen LogP contribution in [0.5, 0.6) is 0 Å². The summed E-state index contributed by atoms with van der Waals surface area (Å²) in [6.45, 7) is 1.54. The SMILES string of the molecule is O=C(NC1CCN(C(=O)CC23CC4CC(CC(C4)C2)C3)CC1)c1ccncc1. The number of amides is 2. The molecule has 1 aromatic heterocycles. The summed E-state index contributed by atoms with van der Waals surface area (Å²) < 4.78 is 0. The highest BCUT2D eigenvalue weighted by atomic mass is 16.2. The number of rotatable bonds is 4. The van der Waals surface area contributed by atoms with Gasteiger partial charge < -0.3 is 10.2 Å². The molecule has 1 aliphatic heterocycles. The summed E-state index contributed by atoms with van der Waals surface area (Å²) in [4.78, 5) is 31.4. The fourth-order valence-corrected chi connectivity index (χ4v) is 6.98. The molecule has 1 aromatic rings. The van der Waals surface area contributed by atoms with E-state index in [1.54, 1.807) is 24.5 Å². The zero-order chi connectivity index (χ0) is 19.1. The Morgan fingerprint density at radius 1 is 1.00 bits per heavy atom. The first-order valence-corrected chi connectivity index (χ1v) is 11.1. The highest BCUT2D eigenvalue weighted by Gasteiger charge is 2.51. The first kappa shape index (κ1) is 18.1. The van der Waals surface area contributed by atoms with Gasteiger partial charge in [-0.05, 0) is 86.7 Å². The van der Waals surface area contributed by atoms with E-state index in [2.05, 4.69) is 15.2 Å². The number of aromatic nitrogens is 1. The third-order valence-corrected chi connectivity index (χ3v) is 7.82. The maximum atomic E-state index is 13.1. The van der Waals surface area contributed by atoms with Crippen LogP contribution in [0.3, 0.4) is 0 Å². The number of carbonyl (C=O) groups is 2. The van der Waals surface area contributed by atoms with E-state index >= 15 is 0 Å². The van der Waals surface area contributed by atoms with Gasteiger partial charge in [0.25, 0.3) is 5.91 Å². The van der Waals surface area contributed by atoms with Crippen molar-refractivity contribution in [2.24, 2.45) is 23.2 Å². The van der Waals surface area contributed by atoms with Gasteiger partial charge in [-0.1, -0.05) is 0 Å². The van der Waals surface area contributed by atoms with Crippen molar-refractivity contribution in [1.29, 1.82) is 0 Å². The maximum Gasteiger partial charge on any atom is 0.251 e. The normalized spacial score (nSPS) is 34.4. The van der Waals surface area contributed by atoms with E-state index < -0.39 is 0 Å². The minimum Gasteiger partial charge on any atom is -0.349 e. The number of hydrogen-bond donors (Lipinski definition) is 1. The van der Waals surface area contributed by atoms with Crippen LogP contribution in [-0.4, -0.2) is 40.8 Å². The molecule has 2 heterocycles. The molecule has 4 saturated carbocycles. The Bertz CT molecular complexity index is 704. The minimum absolute atomic E-state index is 0.0410. The highest BCUT2D eigenvalue weighted by Crippen LogP contribution is 2.61. The molecule has 150 valence electrons. The van der Waals surface area contributed by atoms with Crippen molar-refractivity contribution in [2.75, 3.05) is 13.1 Å². The average Bonchev–Trinajstić information content (AvgIpc) is 2.68. The van der Waals surface area contributed by atoms with Crippen LogP contribution in [0.2, 0.25) is 0 Å². The second-order valence-corrected chi connectivity index (χ2v) is 9.96. The highest BCUT2D eigenvalue weighted by molar-refractivity contribution is 5.94. The third kappa shape index (κ3) is 3.56. The van der Waals surface area contributed by atoms with Crippen LogP contribution in [0, 0.1) is 23.2 Å². The second kappa shape index (κ2) is 7.16. The molecule has 28 heavy (non-hydrogen) atoms. The van der Waals surface area contributed by atoms with E-state index in [1.165, 1.54) is 38.5 Å². The molecular formula is C23H31N3O2. The topological polar surface area (TPSA) is 62.3 Å². The van der Waals surface area contributed by atoms with E-state index in [1.807, 2.05) is 0 Å². The first-order valence-electron chi connectivity index (χ1n) is 11.1. The molecule has 2 amide bonds. The Morgan fingerprint density at radius 3 is 2.14 bits per heavy atom. The van der Waals surface area contributed by atoms with Gasteiger partial charge in [-0.25, -0.2) is 0 Å². The van der Waals surface area contributed by atoms with Crippen molar-refractivity contribution in [2.45, 2.75) is 63.8 Å². The zero-order valence-corrected chi connectivity index (χ0v) is 16.6. The van der Waals surface area contributed by atoms with Gasteiger partial charge >= 0.3 is 0 Å². The van der Waals surface area contributed by atoms with Crippen molar-refractivity contribution in [3.05, 3.63) is 30.1 Å². The van der Waals surface area contributed by atoms with Crippen LogP contribution >= 0.6 is 0 Å². The summed E-state index contributed by atoms with van der Waals surface area (Å²) in [6.07, 6.45) is 13.9. The van der Waals surface area contributed by atoms with Gasteiger partial charge in [0.2, 0.25) is 5.91 Å². The van der Waals surface area contributed by atoms with Crippen molar-refractivity contribution >= 4 is 11.8 Å². The Morgan fingerprint density at radius 2 is 1.57 bits per heavy atom. The summed E-state index contributed by atoms with van der Waals surface area (Å²) in [5, 5.41) is 3.12. The lowest BCUT2D eigenvalue weighted by Crippen LogP contribution is -2.50. The van der Waals surface area contributed by atoms with Gasteiger partial charge in [0.1, 0.15) is 0 Å². The molecule has 4 aliphatic carbocycles. The lowest BCUT2D eigenvalue weighted by Gasteiger charge is -2.57. The number of piperidine rings is 1. The monoisotopic (exact) mass is 381 g/mol. The predicted molar refractivity (Wildman–Crippen MR) is 107 cm³/mol.